The van der Waals surface area contributed by atoms with E-state index in [1.807, 2.05) is 61.9 Å². The van der Waals surface area contributed by atoms with E-state index < -0.39 is 0 Å². The quantitative estimate of drug-likeness (QED) is 0.677. The fraction of sp³-hybridized carbons (Fsp3) is 0.391. The summed E-state index contributed by atoms with van der Waals surface area (Å²) in [6.45, 7) is 8.07. The first-order valence-corrected chi connectivity index (χ1v) is 10.5. The third kappa shape index (κ3) is 4.20. The van der Waals surface area contributed by atoms with Crippen molar-refractivity contribution in [2.24, 2.45) is 0 Å². The number of rotatable bonds is 6. The van der Waals surface area contributed by atoms with Gasteiger partial charge in [-0.15, -0.1) is 10.2 Å². The van der Waals surface area contributed by atoms with E-state index in [1.165, 1.54) is 12.8 Å². The Morgan fingerprint density at radius 2 is 1.70 bits per heavy atom. The fourth-order valence-corrected chi connectivity index (χ4v) is 3.97. The van der Waals surface area contributed by atoms with Gasteiger partial charge in [0.15, 0.2) is 11.6 Å². The lowest BCUT2D eigenvalue weighted by Crippen LogP contribution is -2.19. The first-order valence-electron chi connectivity index (χ1n) is 10.5. The average molecular weight is 405 g/mol. The highest BCUT2D eigenvalue weighted by Crippen LogP contribution is 2.21. The summed E-state index contributed by atoms with van der Waals surface area (Å²) in [7, 11) is 0. The zero-order valence-corrected chi connectivity index (χ0v) is 17.9. The summed E-state index contributed by atoms with van der Waals surface area (Å²) in [4.78, 5) is 14.7. The largest absolute Gasteiger partial charge is 0.355 e. The second-order valence-electron chi connectivity index (χ2n) is 7.87. The van der Waals surface area contributed by atoms with Crippen LogP contribution in [0, 0.1) is 20.8 Å². The molecule has 7 heteroatoms. The number of benzene rings is 1. The summed E-state index contributed by atoms with van der Waals surface area (Å²) >= 11 is 0. The highest BCUT2D eigenvalue weighted by atomic mass is 16.1. The van der Waals surface area contributed by atoms with Gasteiger partial charge in [-0.2, -0.15) is 5.10 Å². The molecule has 1 fully saturated rings. The number of hydrogen-bond donors (Lipinski definition) is 1. The summed E-state index contributed by atoms with van der Waals surface area (Å²) < 4.78 is 1.82. The van der Waals surface area contributed by atoms with Gasteiger partial charge >= 0.3 is 0 Å². The van der Waals surface area contributed by atoms with Gasteiger partial charge in [0, 0.05) is 30.9 Å². The van der Waals surface area contributed by atoms with Crippen LogP contribution in [0.2, 0.25) is 0 Å². The molecule has 1 aliphatic rings. The molecule has 0 saturated carbocycles. The Morgan fingerprint density at radius 3 is 2.40 bits per heavy atom. The van der Waals surface area contributed by atoms with E-state index in [1.54, 1.807) is 0 Å². The molecule has 1 aliphatic heterocycles. The molecule has 0 atom stereocenters. The van der Waals surface area contributed by atoms with Gasteiger partial charge in [-0.3, -0.25) is 4.79 Å². The van der Waals surface area contributed by atoms with Crippen molar-refractivity contribution in [3.63, 3.8) is 0 Å². The third-order valence-corrected chi connectivity index (χ3v) is 5.75. The van der Waals surface area contributed by atoms with Gasteiger partial charge in [-0.25, -0.2) is 4.68 Å². The van der Waals surface area contributed by atoms with Gasteiger partial charge in [0.25, 0.3) is 0 Å². The molecular formula is C23H28N6O. The Hall–Kier alpha value is -3.22. The lowest BCUT2D eigenvalue weighted by molar-refractivity contribution is -0.116. The highest BCUT2D eigenvalue weighted by molar-refractivity contribution is 5.91. The summed E-state index contributed by atoms with van der Waals surface area (Å²) in [5.41, 5.74) is 4.92. The van der Waals surface area contributed by atoms with Crippen LogP contribution in [0.15, 0.2) is 36.4 Å². The number of carbonyl (C=O) groups is 1. The molecule has 0 bridgehead atoms. The van der Waals surface area contributed by atoms with Crippen LogP contribution in [0.1, 0.15) is 41.8 Å². The topological polar surface area (TPSA) is 75.9 Å². The molecule has 3 heterocycles. The fourth-order valence-electron chi connectivity index (χ4n) is 3.97. The molecule has 156 valence electrons. The molecule has 30 heavy (non-hydrogen) atoms. The number of nitrogens with one attached hydrogen (secondary N) is 1. The van der Waals surface area contributed by atoms with Crippen LogP contribution in [0.5, 0.6) is 0 Å². The van der Waals surface area contributed by atoms with E-state index in [0.717, 1.165) is 47.1 Å². The van der Waals surface area contributed by atoms with E-state index >= 15 is 0 Å². The van der Waals surface area contributed by atoms with Crippen LogP contribution >= 0.6 is 0 Å². The van der Waals surface area contributed by atoms with Gasteiger partial charge in [0.1, 0.15) is 0 Å². The molecule has 0 aliphatic carbocycles. The maximum Gasteiger partial charge on any atom is 0.224 e. The van der Waals surface area contributed by atoms with E-state index in [4.69, 9.17) is 0 Å². The molecule has 0 spiro atoms. The molecular weight excluding hydrogens is 376 g/mol. The number of para-hydroxylation sites is 1. The van der Waals surface area contributed by atoms with Crippen LogP contribution in [0.25, 0.3) is 5.82 Å². The van der Waals surface area contributed by atoms with Crippen molar-refractivity contribution in [2.45, 2.75) is 46.5 Å². The zero-order valence-electron chi connectivity index (χ0n) is 17.9. The van der Waals surface area contributed by atoms with E-state index in [9.17, 15) is 4.79 Å². The van der Waals surface area contributed by atoms with Gasteiger partial charge in [-0.05, 0) is 69.4 Å². The van der Waals surface area contributed by atoms with E-state index in [2.05, 4.69) is 25.5 Å². The summed E-state index contributed by atoms with van der Waals surface area (Å²) in [6.07, 6.45) is 3.46. The predicted octanol–water partition coefficient (Wildman–Crippen LogP) is 3.76. The van der Waals surface area contributed by atoms with Crippen LogP contribution in [-0.4, -0.2) is 39.0 Å². The van der Waals surface area contributed by atoms with Gasteiger partial charge < -0.3 is 10.2 Å². The van der Waals surface area contributed by atoms with Gasteiger partial charge in [-0.1, -0.05) is 18.2 Å². The van der Waals surface area contributed by atoms with E-state index in [-0.39, 0.29) is 5.91 Å². The molecule has 3 aromatic rings. The molecule has 0 unspecified atom stereocenters. The number of nitrogens with zero attached hydrogens (tertiary/aromatic N) is 5. The second-order valence-corrected chi connectivity index (χ2v) is 7.87. The second kappa shape index (κ2) is 8.65. The van der Waals surface area contributed by atoms with Crippen molar-refractivity contribution in [3.8, 4) is 5.82 Å². The van der Waals surface area contributed by atoms with Crippen molar-refractivity contribution < 1.29 is 4.79 Å². The molecule has 1 amide bonds. The van der Waals surface area contributed by atoms with Crippen molar-refractivity contribution in [2.75, 3.05) is 23.3 Å². The monoisotopic (exact) mass is 404 g/mol. The molecule has 2 aromatic heterocycles. The normalized spacial score (nSPS) is 13.6. The minimum absolute atomic E-state index is 0.00519. The molecule has 1 N–H and O–H groups in total. The smallest absolute Gasteiger partial charge is 0.224 e. The average Bonchev–Trinajstić information content (AvgIpc) is 3.37. The minimum Gasteiger partial charge on any atom is -0.355 e. The Kier molecular flexibility index (Phi) is 5.79. The minimum atomic E-state index is 0.00519. The van der Waals surface area contributed by atoms with Crippen LogP contribution < -0.4 is 10.2 Å². The van der Waals surface area contributed by atoms with E-state index in [0.29, 0.717) is 18.7 Å². The predicted molar refractivity (Wildman–Crippen MR) is 118 cm³/mol. The van der Waals surface area contributed by atoms with Crippen molar-refractivity contribution in [3.05, 3.63) is 58.9 Å². The molecule has 1 saturated heterocycles. The van der Waals surface area contributed by atoms with Gasteiger partial charge in [0.05, 0.1) is 5.69 Å². The number of aryl methyl sites for hydroxylation is 2. The van der Waals surface area contributed by atoms with Crippen LogP contribution in [0.3, 0.4) is 0 Å². The number of anilines is 2. The molecule has 0 radical (unpaired) electrons. The maximum atomic E-state index is 12.4. The Labute approximate surface area is 177 Å². The third-order valence-electron chi connectivity index (χ3n) is 5.75. The van der Waals surface area contributed by atoms with Crippen molar-refractivity contribution in [1.82, 2.24) is 20.0 Å². The lowest BCUT2D eigenvalue weighted by Gasteiger charge is -2.15. The summed E-state index contributed by atoms with van der Waals surface area (Å²) in [6, 6.07) is 11.8. The SMILES string of the molecule is Cc1ccccc1NC(=O)CCc1c(C)nn(-c2ccc(N3CCCC3)nn2)c1C. The van der Waals surface area contributed by atoms with Crippen molar-refractivity contribution >= 4 is 17.4 Å². The number of aromatic nitrogens is 4. The molecule has 4 rings (SSSR count). The summed E-state index contributed by atoms with van der Waals surface area (Å²) in [5.74, 6) is 1.63. The van der Waals surface area contributed by atoms with Crippen molar-refractivity contribution in [1.29, 1.82) is 0 Å². The molecule has 1 aromatic carbocycles. The Balaban J connectivity index is 1.44. The lowest BCUT2D eigenvalue weighted by atomic mass is 10.1. The Bertz CT molecular complexity index is 1030. The first kappa shape index (κ1) is 20.1. The maximum absolute atomic E-state index is 12.4. The van der Waals surface area contributed by atoms with Crippen LogP contribution in [-0.2, 0) is 11.2 Å². The Morgan fingerprint density at radius 1 is 1.00 bits per heavy atom. The number of carbonyl (C=O) groups excluding carboxylic acids is 1. The zero-order chi connectivity index (χ0) is 21.1. The van der Waals surface area contributed by atoms with Crippen LogP contribution in [0.4, 0.5) is 11.5 Å². The number of hydrogen-bond acceptors (Lipinski definition) is 5. The highest BCUT2D eigenvalue weighted by Gasteiger charge is 2.17. The van der Waals surface area contributed by atoms with Gasteiger partial charge in [0.2, 0.25) is 5.91 Å². The summed E-state index contributed by atoms with van der Waals surface area (Å²) in [5, 5.41) is 16.4. The number of amides is 1. The standard InChI is InChI=1S/C23H28N6O/c1-16-8-4-5-9-20(16)24-23(30)13-10-19-17(2)27-29(18(19)3)22-12-11-21(25-26-22)28-14-6-7-15-28/h4-5,8-9,11-12H,6-7,10,13-15H2,1-3H3,(H,24,30). The first-order chi connectivity index (χ1) is 14.5. The molecule has 7 nitrogen and oxygen atoms in total.